The van der Waals surface area contributed by atoms with E-state index in [1.807, 2.05) is 0 Å². The lowest BCUT2D eigenvalue weighted by atomic mass is 9.74. The van der Waals surface area contributed by atoms with Crippen molar-refractivity contribution < 1.29 is 0 Å². The van der Waals surface area contributed by atoms with Crippen LogP contribution in [0, 0.1) is 29.1 Å². The molecule has 4 fully saturated rings. The van der Waals surface area contributed by atoms with Gasteiger partial charge < -0.3 is 0 Å². The number of hydrogen-bond donors (Lipinski definition) is 0. The summed E-state index contributed by atoms with van der Waals surface area (Å²) in [5, 5.41) is 0. The zero-order valence-corrected chi connectivity index (χ0v) is 15.1. The normalized spacial score (nSPS) is 49.7. The Morgan fingerprint density at radius 1 is 0.952 bits per heavy atom. The van der Waals surface area contributed by atoms with Gasteiger partial charge in [-0.1, -0.05) is 40.0 Å². The van der Waals surface area contributed by atoms with Gasteiger partial charge in [0.1, 0.15) is 0 Å². The van der Waals surface area contributed by atoms with E-state index < -0.39 is 0 Å². The van der Waals surface area contributed by atoms with Gasteiger partial charge in [-0.2, -0.15) is 0 Å². The Morgan fingerprint density at radius 2 is 1.62 bits per heavy atom. The fourth-order valence-corrected chi connectivity index (χ4v) is 7.26. The molecule has 21 heavy (non-hydrogen) atoms. The first kappa shape index (κ1) is 14.5. The second-order valence-corrected chi connectivity index (χ2v) is 10.6. The molecule has 0 amide bonds. The summed E-state index contributed by atoms with van der Waals surface area (Å²) < 4.78 is 0. The van der Waals surface area contributed by atoms with Crippen LogP contribution >= 0.6 is 0 Å². The van der Waals surface area contributed by atoms with Gasteiger partial charge in [0.2, 0.25) is 0 Å². The fraction of sp³-hybridized carbons (Fsp3) is 1.00. The number of piperidine rings is 1. The smallest absolute Gasteiger partial charge is 0.0301 e. The summed E-state index contributed by atoms with van der Waals surface area (Å²) in [4.78, 5) is 3.04. The molecule has 1 heterocycles. The molecule has 0 aromatic rings. The van der Waals surface area contributed by atoms with Crippen LogP contribution in [0.2, 0.25) is 0 Å². The Bertz CT molecular complexity index is 440. The Labute approximate surface area is 131 Å². The molecule has 0 spiro atoms. The summed E-state index contributed by atoms with van der Waals surface area (Å²) in [5.74, 6) is 4.19. The summed E-state index contributed by atoms with van der Waals surface area (Å²) in [6.07, 6.45) is 9.09. The Hall–Kier alpha value is -0.0400. The molecule has 0 bridgehead atoms. The minimum absolute atomic E-state index is 0.328. The van der Waals surface area contributed by atoms with Crippen LogP contribution in [0.3, 0.4) is 0 Å². The first-order valence-electron chi connectivity index (χ1n) is 9.47. The highest BCUT2D eigenvalue weighted by atomic mass is 15.4. The van der Waals surface area contributed by atoms with Gasteiger partial charge in [0.05, 0.1) is 0 Å². The maximum atomic E-state index is 3.04. The molecular formula is C20H35N. The van der Waals surface area contributed by atoms with Crippen LogP contribution in [-0.2, 0) is 0 Å². The monoisotopic (exact) mass is 289 g/mol. The molecule has 0 radical (unpaired) electrons. The highest BCUT2D eigenvalue weighted by Gasteiger charge is 2.77. The topological polar surface area (TPSA) is 3.24 Å². The summed E-state index contributed by atoms with van der Waals surface area (Å²) in [6.45, 7) is 14.9. The van der Waals surface area contributed by atoms with Gasteiger partial charge in [0.15, 0.2) is 0 Å². The van der Waals surface area contributed by atoms with E-state index in [0.717, 1.165) is 29.7 Å². The van der Waals surface area contributed by atoms with Crippen molar-refractivity contribution in [1.82, 2.24) is 4.90 Å². The van der Waals surface area contributed by atoms with Crippen LogP contribution in [0.5, 0.6) is 0 Å². The van der Waals surface area contributed by atoms with E-state index in [2.05, 4.69) is 46.4 Å². The SMILES string of the molecule is CC(C)(C)N1C2CC3CCCCC3C2C2CC21C(C)(C)C. The van der Waals surface area contributed by atoms with E-state index in [1.165, 1.54) is 32.1 Å². The van der Waals surface area contributed by atoms with Gasteiger partial charge in [-0.25, -0.2) is 0 Å². The van der Waals surface area contributed by atoms with Crippen molar-refractivity contribution in [3.8, 4) is 0 Å². The van der Waals surface area contributed by atoms with Gasteiger partial charge >= 0.3 is 0 Å². The Morgan fingerprint density at radius 3 is 2.24 bits per heavy atom. The molecule has 0 aromatic heterocycles. The lowest BCUT2D eigenvalue weighted by Gasteiger charge is -2.49. The van der Waals surface area contributed by atoms with Crippen LogP contribution < -0.4 is 0 Å². The minimum atomic E-state index is 0.328. The van der Waals surface area contributed by atoms with Crippen LogP contribution in [0.1, 0.15) is 80.1 Å². The first-order valence-corrected chi connectivity index (χ1v) is 9.47. The fourth-order valence-electron chi connectivity index (χ4n) is 7.26. The van der Waals surface area contributed by atoms with Crippen molar-refractivity contribution >= 4 is 0 Å². The number of likely N-dealkylation sites (tertiary alicyclic amines) is 1. The van der Waals surface area contributed by atoms with Crippen LogP contribution in [0.15, 0.2) is 0 Å². The molecule has 3 saturated carbocycles. The maximum absolute atomic E-state index is 3.04. The highest BCUT2D eigenvalue weighted by molar-refractivity contribution is 5.30. The molecule has 1 aliphatic heterocycles. The van der Waals surface area contributed by atoms with Crippen molar-refractivity contribution in [2.45, 2.75) is 97.2 Å². The lowest BCUT2D eigenvalue weighted by Crippen LogP contribution is -2.57. The molecule has 6 unspecified atom stereocenters. The van der Waals surface area contributed by atoms with E-state index >= 15 is 0 Å². The maximum Gasteiger partial charge on any atom is 0.0301 e. The lowest BCUT2D eigenvalue weighted by molar-refractivity contribution is -0.0130. The third-order valence-electron chi connectivity index (χ3n) is 7.68. The number of fused-ring (bicyclic) bond motifs is 5. The molecular weight excluding hydrogens is 254 g/mol. The van der Waals surface area contributed by atoms with Gasteiger partial charge in [-0.05, 0) is 69.1 Å². The number of rotatable bonds is 0. The standard InChI is InChI=1S/C20H35N/c1-18(2,3)20-12-15(20)17-14-10-8-7-9-13(14)11-16(17)21(20)19(4,5)6/h13-17H,7-12H2,1-6H3. The molecule has 1 saturated heterocycles. The van der Waals surface area contributed by atoms with Crippen molar-refractivity contribution in [2.24, 2.45) is 29.1 Å². The van der Waals surface area contributed by atoms with Gasteiger partial charge in [-0.3, -0.25) is 4.90 Å². The summed E-state index contributed by atoms with van der Waals surface area (Å²) in [7, 11) is 0. The molecule has 1 heteroatoms. The second-order valence-electron chi connectivity index (χ2n) is 10.6. The number of nitrogens with zero attached hydrogens (tertiary/aromatic N) is 1. The second kappa shape index (κ2) is 4.08. The van der Waals surface area contributed by atoms with Gasteiger partial charge in [0, 0.05) is 17.1 Å². The molecule has 4 rings (SSSR count). The molecule has 3 aliphatic carbocycles. The van der Waals surface area contributed by atoms with Crippen molar-refractivity contribution in [2.75, 3.05) is 0 Å². The molecule has 4 aliphatic rings. The third-order valence-corrected chi connectivity index (χ3v) is 7.68. The average molecular weight is 290 g/mol. The van der Waals surface area contributed by atoms with Crippen LogP contribution in [0.25, 0.3) is 0 Å². The van der Waals surface area contributed by atoms with Crippen LogP contribution in [-0.4, -0.2) is 22.0 Å². The zero-order valence-electron chi connectivity index (χ0n) is 15.1. The van der Waals surface area contributed by atoms with E-state index in [9.17, 15) is 0 Å². The quantitative estimate of drug-likeness (QED) is 0.599. The minimum Gasteiger partial charge on any atom is -0.289 e. The van der Waals surface area contributed by atoms with Gasteiger partial charge in [0.25, 0.3) is 0 Å². The third kappa shape index (κ3) is 1.73. The van der Waals surface area contributed by atoms with E-state index in [0.29, 0.717) is 16.5 Å². The summed E-state index contributed by atoms with van der Waals surface area (Å²) in [5.41, 5.74) is 1.28. The highest BCUT2D eigenvalue weighted by Crippen LogP contribution is 2.74. The van der Waals surface area contributed by atoms with Gasteiger partial charge in [-0.15, -0.1) is 0 Å². The zero-order chi connectivity index (χ0) is 15.2. The predicted molar refractivity (Wildman–Crippen MR) is 89.2 cm³/mol. The number of hydrogen-bond acceptors (Lipinski definition) is 1. The Balaban J connectivity index is 1.74. The molecule has 0 N–H and O–H groups in total. The predicted octanol–water partition coefficient (Wildman–Crippen LogP) is 5.10. The van der Waals surface area contributed by atoms with Crippen molar-refractivity contribution in [3.05, 3.63) is 0 Å². The largest absolute Gasteiger partial charge is 0.289 e. The summed E-state index contributed by atoms with van der Waals surface area (Å²) >= 11 is 0. The van der Waals surface area contributed by atoms with Crippen LogP contribution in [0.4, 0.5) is 0 Å². The molecule has 6 atom stereocenters. The van der Waals surface area contributed by atoms with Crippen molar-refractivity contribution in [3.63, 3.8) is 0 Å². The molecule has 120 valence electrons. The molecule has 0 aromatic carbocycles. The van der Waals surface area contributed by atoms with Crippen molar-refractivity contribution in [1.29, 1.82) is 0 Å². The summed E-state index contributed by atoms with van der Waals surface area (Å²) in [6, 6.07) is 0.899. The van der Waals surface area contributed by atoms with E-state index in [1.54, 1.807) is 6.42 Å². The van der Waals surface area contributed by atoms with E-state index in [4.69, 9.17) is 0 Å². The Kier molecular flexibility index (Phi) is 2.82. The average Bonchev–Trinajstić information content (AvgIpc) is 2.85. The first-order chi connectivity index (χ1) is 9.68. The van der Waals surface area contributed by atoms with E-state index in [-0.39, 0.29) is 0 Å². The molecule has 1 nitrogen and oxygen atoms in total.